The van der Waals surface area contributed by atoms with E-state index in [1.807, 2.05) is 23.1 Å². The summed E-state index contributed by atoms with van der Waals surface area (Å²) in [5, 5.41) is 2.91. The van der Waals surface area contributed by atoms with E-state index in [0.717, 1.165) is 22.3 Å². The van der Waals surface area contributed by atoms with Crippen LogP contribution in [0.2, 0.25) is 0 Å². The number of nitrogens with one attached hydrogen (secondary N) is 1. The first kappa shape index (κ1) is 18.9. The predicted molar refractivity (Wildman–Crippen MR) is 106 cm³/mol. The normalized spacial score (nSPS) is 12.7. The molecule has 7 nitrogen and oxygen atoms in total. The average molecular weight is 390 g/mol. The number of aryl methyl sites for hydroxylation is 2. The Labute approximate surface area is 168 Å². The Morgan fingerprint density at radius 1 is 1.17 bits per heavy atom. The summed E-state index contributed by atoms with van der Waals surface area (Å²) in [4.78, 5) is 34.7. The second kappa shape index (κ2) is 8.26. The molecule has 148 valence electrons. The Kier molecular flexibility index (Phi) is 5.37. The standard InChI is InChI=1S/C22H22N4O3/c1-15-20(10-23-14-25-15)22(28)24-9-17-2-4-18-11-26(12-19(18)8-17)21(27)5-3-16-6-7-29-13-16/h2,4,6-8,10,13-14H,3,5,9,11-12H2,1H3,(H,24,28). The topological polar surface area (TPSA) is 88.3 Å². The van der Waals surface area contributed by atoms with Crippen molar-refractivity contribution < 1.29 is 14.0 Å². The van der Waals surface area contributed by atoms with Crippen LogP contribution >= 0.6 is 0 Å². The third-order valence-corrected chi connectivity index (χ3v) is 5.16. The Hall–Kier alpha value is -3.48. The van der Waals surface area contributed by atoms with Crippen LogP contribution in [0.3, 0.4) is 0 Å². The highest BCUT2D eigenvalue weighted by Crippen LogP contribution is 2.25. The van der Waals surface area contributed by atoms with Gasteiger partial charge in [0.05, 0.1) is 23.8 Å². The molecule has 29 heavy (non-hydrogen) atoms. The van der Waals surface area contributed by atoms with Gasteiger partial charge < -0.3 is 14.6 Å². The summed E-state index contributed by atoms with van der Waals surface area (Å²) in [5.41, 5.74) is 5.45. The van der Waals surface area contributed by atoms with Gasteiger partial charge in [-0.3, -0.25) is 9.59 Å². The van der Waals surface area contributed by atoms with Crippen molar-refractivity contribution in [1.82, 2.24) is 20.2 Å². The van der Waals surface area contributed by atoms with E-state index in [1.54, 1.807) is 19.5 Å². The van der Waals surface area contributed by atoms with Crippen molar-refractivity contribution in [3.8, 4) is 0 Å². The van der Waals surface area contributed by atoms with E-state index in [2.05, 4.69) is 21.4 Å². The van der Waals surface area contributed by atoms with Crippen molar-refractivity contribution in [2.24, 2.45) is 0 Å². The van der Waals surface area contributed by atoms with Crippen LogP contribution in [-0.2, 0) is 30.8 Å². The molecule has 1 aliphatic rings. The summed E-state index contributed by atoms with van der Waals surface area (Å²) < 4.78 is 5.05. The van der Waals surface area contributed by atoms with Crippen LogP contribution in [0.4, 0.5) is 0 Å². The number of amides is 2. The highest BCUT2D eigenvalue weighted by Gasteiger charge is 2.23. The molecule has 4 rings (SSSR count). The Morgan fingerprint density at radius 2 is 2.03 bits per heavy atom. The van der Waals surface area contributed by atoms with Crippen molar-refractivity contribution in [2.75, 3.05) is 0 Å². The SMILES string of the molecule is Cc1ncncc1C(=O)NCc1ccc2c(c1)CN(C(=O)CCc1ccoc1)C2. The molecule has 0 radical (unpaired) electrons. The number of furan rings is 1. The van der Waals surface area contributed by atoms with Gasteiger partial charge in [0.1, 0.15) is 6.33 Å². The molecular weight excluding hydrogens is 368 g/mol. The molecule has 1 N–H and O–H groups in total. The van der Waals surface area contributed by atoms with Gasteiger partial charge in [-0.05, 0) is 41.7 Å². The molecule has 1 aromatic carbocycles. The number of rotatable bonds is 6. The van der Waals surface area contributed by atoms with Gasteiger partial charge in [-0.25, -0.2) is 9.97 Å². The molecule has 3 aromatic rings. The number of carbonyl (C=O) groups excluding carboxylic acids is 2. The fraction of sp³-hybridized carbons (Fsp3) is 0.273. The van der Waals surface area contributed by atoms with Crippen LogP contribution in [0.15, 0.2) is 53.7 Å². The van der Waals surface area contributed by atoms with Crippen LogP contribution in [0.25, 0.3) is 0 Å². The van der Waals surface area contributed by atoms with Crippen molar-refractivity contribution in [1.29, 1.82) is 0 Å². The second-order valence-corrected chi connectivity index (χ2v) is 7.19. The van der Waals surface area contributed by atoms with E-state index < -0.39 is 0 Å². The van der Waals surface area contributed by atoms with Gasteiger partial charge in [0.15, 0.2) is 0 Å². The molecule has 0 atom stereocenters. The van der Waals surface area contributed by atoms with Crippen molar-refractivity contribution in [3.63, 3.8) is 0 Å². The van der Waals surface area contributed by atoms with Gasteiger partial charge in [0.2, 0.25) is 5.91 Å². The summed E-state index contributed by atoms with van der Waals surface area (Å²) >= 11 is 0. The third kappa shape index (κ3) is 4.34. The lowest BCUT2D eigenvalue weighted by Gasteiger charge is -2.14. The number of fused-ring (bicyclic) bond motifs is 1. The van der Waals surface area contributed by atoms with Crippen LogP contribution in [0.1, 0.15) is 44.7 Å². The van der Waals surface area contributed by atoms with Crippen LogP contribution in [0, 0.1) is 6.92 Å². The monoisotopic (exact) mass is 390 g/mol. The first-order valence-corrected chi connectivity index (χ1v) is 9.54. The van der Waals surface area contributed by atoms with E-state index in [9.17, 15) is 9.59 Å². The second-order valence-electron chi connectivity index (χ2n) is 7.19. The summed E-state index contributed by atoms with van der Waals surface area (Å²) in [6.45, 7) is 3.43. The third-order valence-electron chi connectivity index (χ3n) is 5.16. The minimum Gasteiger partial charge on any atom is -0.472 e. The van der Waals surface area contributed by atoms with E-state index >= 15 is 0 Å². The molecule has 2 aromatic heterocycles. The van der Waals surface area contributed by atoms with Crippen molar-refractivity contribution in [3.05, 3.63) is 82.8 Å². The Balaban J connectivity index is 1.33. The molecule has 2 amide bonds. The molecule has 0 fully saturated rings. The van der Waals surface area contributed by atoms with Crippen molar-refractivity contribution >= 4 is 11.8 Å². The largest absolute Gasteiger partial charge is 0.472 e. The van der Waals surface area contributed by atoms with Crippen LogP contribution in [-0.4, -0.2) is 26.7 Å². The number of hydrogen-bond acceptors (Lipinski definition) is 5. The molecule has 0 aliphatic carbocycles. The van der Waals surface area contributed by atoms with Crippen LogP contribution < -0.4 is 5.32 Å². The van der Waals surface area contributed by atoms with E-state index in [1.165, 1.54) is 12.5 Å². The van der Waals surface area contributed by atoms with Gasteiger partial charge in [0.25, 0.3) is 5.91 Å². The van der Waals surface area contributed by atoms with Gasteiger partial charge in [-0.2, -0.15) is 0 Å². The molecule has 1 aliphatic heterocycles. The number of carbonyl (C=O) groups is 2. The highest BCUT2D eigenvalue weighted by molar-refractivity contribution is 5.94. The van der Waals surface area contributed by atoms with Crippen LogP contribution in [0.5, 0.6) is 0 Å². The first-order valence-electron chi connectivity index (χ1n) is 9.54. The summed E-state index contributed by atoms with van der Waals surface area (Å²) in [6, 6.07) is 7.98. The zero-order valence-corrected chi connectivity index (χ0v) is 16.2. The zero-order valence-electron chi connectivity index (χ0n) is 16.2. The number of aromatic nitrogens is 2. The molecule has 0 bridgehead atoms. The fourth-order valence-electron chi connectivity index (χ4n) is 3.47. The minimum absolute atomic E-state index is 0.136. The summed E-state index contributed by atoms with van der Waals surface area (Å²) in [6.07, 6.45) is 7.40. The predicted octanol–water partition coefficient (Wildman–Crippen LogP) is 2.78. The molecule has 3 heterocycles. The Bertz CT molecular complexity index is 1030. The highest BCUT2D eigenvalue weighted by atomic mass is 16.3. The fourth-order valence-corrected chi connectivity index (χ4v) is 3.47. The molecular formula is C22H22N4O3. The lowest BCUT2D eigenvalue weighted by atomic mass is 10.1. The maximum absolute atomic E-state index is 12.5. The maximum atomic E-state index is 12.5. The van der Waals surface area contributed by atoms with Gasteiger partial charge >= 0.3 is 0 Å². The lowest BCUT2D eigenvalue weighted by Crippen LogP contribution is -2.25. The van der Waals surface area contributed by atoms with E-state index in [4.69, 9.17) is 4.42 Å². The summed E-state index contributed by atoms with van der Waals surface area (Å²) in [7, 11) is 0. The van der Waals surface area contributed by atoms with Gasteiger partial charge in [-0.1, -0.05) is 18.2 Å². The van der Waals surface area contributed by atoms with E-state index in [-0.39, 0.29) is 11.8 Å². The van der Waals surface area contributed by atoms with Crippen molar-refractivity contribution in [2.45, 2.75) is 39.4 Å². The average Bonchev–Trinajstić information content (AvgIpc) is 3.40. The molecule has 7 heteroatoms. The van der Waals surface area contributed by atoms with Gasteiger partial charge in [0, 0.05) is 32.3 Å². The Morgan fingerprint density at radius 3 is 2.83 bits per heavy atom. The zero-order chi connectivity index (χ0) is 20.2. The number of benzene rings is 1. The molecule has 0 saturated heterocycles. The molecule has 0 saturated carbocycles. The first-order chi connectivity index (χ1) is 14.1. The lowest BCUT2D eigenvalue weighted by molar-refractivity contribution is -0.131. The smallest absolute Gasteiger partial charge is 0.254 e. The van der Waals surface area contributed by atoms with Gasteiger partial charge in [-0.15, -0.1) is 0 Å². The molecule has 0 spiro atoms. The minimum atomic E-state index is -0.195. The summed E-state index contributed by atoms with van der Waals surface area (Å²) in [5.74, 6) is -0.0588. The number of hydrogen-bond donors (Lipinski definition) is 1. The quantitative estimate of drug-likeness (QED) is 0.699. The van der Waals surface area contributed by atoms with E-state index in [0.29, 0.717) is 43.7 Å². The maximum Gasteiger partial charge on any atom is 0.254 e. The molecule has 0 unspecified atom stereocenters. The number of nitrogens with zero attached hydrogens (tertiary/aromatic N) is 3.